The molecule has 0 saturated heterocycles. The predicted molar refractivity (Wildman–Crippen MR) is 40.6 cm³/mol. The average molecular weight is 181 g/mol. The standard InChI is InChI=1S/C8H14F3N/c9-8(10,11)4-7(5-12)6-2-1-3-6/h6-7H,1-5,12H2. The van der Waals surface area contributed by atoms with Gasteiger partial charge in [0, 0.05) is 6.42 Å². The Morgan fingerprint density at radius 2 is 1.92 bits per heavy atom. The van der Waals surface area contributed by atoms with Gasteiger partial charge in [-0.1, -0.05) is 19.3 Å². The molecule has 0 spiro atoms. The van der Waals surface area contributed by atoms with Crippen LogP contribution in [0, 0.1) is 11.8 Å². The summed E-state index contributed by atoms with van der Waals surface area (Å²) in [6.07, 6.45) is -1.82. The van der Waals surface area contributed by atoms with Crippen molar-refractivity contribution < 1.29 is 13.2 Å². The van der Waals surface area contributed by atoms with Crippen molar-refractivity contribution in [2.75, 3.05) is 6.54 Å². The predicted octanol–water partition coefficient (Wildman–Crippen LogP) is 2.31. The molecule has 0 heterocycles. The van der Waals surface area contributed by atoms with Crippen molar-refractivity contribution >= 4 is 0 Å². The van der Waals surface area contributed by atoms with E-state index in [1.807, 2.05) is 0 Å². The third-order valence-electron chi connectivity index (χ3n) is 2.61. The van der Waals surface area contributed by atoms with Crippen molar-refractivity contribution in [3.8, 4) is 0 Å². The van der Waals surface area contributed by atoms with Crippen LogP contribution in [0.5, 0.6) is 0 Å². The number of rotatable bonds is 3. The van der Waals surface area contributed by atoms with E-state index in [0.717, 1.165) is 19.3 Å². The van der Waals surface area contributed by atoms with E-state index < -0.39 is 12.6 Å². The third-order valence-corrected chi connectivity index (χ3v) is 2.61. The van der Waals surface area contributed by atoms with Crippen LogP contribution in [0.2, 0.25) is 0 Å². The Kier molecular flexibility index (Phi) is 2.99. The SMILES string of the molecule is NCC(CC(F)(F)F)C1CCC1. The van der Waals surface area contributed by atoms with Gasteiger partial charge in [0.05, 0.1) is 0 Å². The maximum absolute atomic E-state index is 12.0. The number of halogens is 3. The minimum Gasteiger partial charge on any atom is -0.330 e. The van der Waals surface area contributed by atoms with E-state index in [4.69, 9.17) is 5.73 Å². The lowest BCUT2D eigenvalue weighted by Gasteiger charge is -2.33. The van der Waals surface area contributed by atoms with Gasteiger partial charge in [-0.3, -0.25) is 0 Å². The van der Waals surface area contributed by atoms with Gasteiger partial charge in [0.15, 0.2) is 0 Å². The van der Waals surface area contributed by atoms with Gasteiger partial charge in [-0.05, 0) is 18.4 Å². The topological polar surface area (TPSA) is 26.0 Å². The molecule has 0 radical (unpaired) electrons. The van der Waals surface area contributed by atoms with Crippen molar-refractivity contribution in [3.63, 3.8) is 0 Å². The molecule has 1 unspecified atom stereocenters. The van der Waals surface area contributed by atoms with Crippen LogP contribution in [-0.2, 0) is 0 Å². The van der Waals surface area contributed by atoms with Crippen molar-refractivity contribution in [2.24, 2.45) is 17.6 Å². The number of hydrogen-bond acceptors (Lipinski definition) is 1. The Balaban J connectivity index is 2.34. The van der Waals surface area contributed by atoms with Gasteiger partial charge < -0.3 is 5.73 Å². The van der Waals surface area contributed by atoms with Crippen LogP contribution in [0.4, 0.5) is 13.2 Å². The van der Waals surface area contributed by atoms with Crippen molar-refractivity contribution in [3.05, 3.63) is 0 Å². The fourth-order valence-electron chi connectivity index (χ4n) is 1.65. The summed E-state index contributed by atoms with van der Waals surface area (Å²) in [5, 5.41) is 0. The summed E-state index contributed by atoms with van der Waals surface area (Å²) in [6.45, 7) is 0.171. The molecule has 0 aromatic carbocycles. The second kappa shape index (κ2) is 3.64. The van der Waals surface area contributed by atoms with E-state index in [1.165, 1.54) is 0 Å². The van der Waals surface area contributed by atoms with Crippen molar-refractivity contribution in [2.45, 2.75) is 31.9 Å². The molecule has 0 bridgehead atoms. The fourth-order valence-corrected chi connectivity index (χ4v) is 1.65. The molecule has 0 aromatic heterocycles. The van der Waals surface area contributed by atoms with Crippen LogP contribution in [0.25, 0.3) is 0 Å². The minimum absolute atomic E-state index is 0.171. The van der Waals surface area contributed by atoms with Crippen LogP contribution in [0.1, 0.15) is 25.7 Å². The van der Waals surface area contributed by atoms with Crippen LogP contribution >= 0.6 is 0 Å². The van der Waals surface area contributed by atoms with Gasteiger partial charge in [0.1, 0.15) is 0 Å². The summed E-state index contributed by atoms with van der Waals surface area (Å²) in [5.41, 5.74) is 5.29. The van der Waals surface area contributed by atoms with Crippen LogP contribution in [0.3, 0.4) is 0 Å². The molecule has 1 atom stereocenters. The Morgan fingerprint density at radius 1 is 1.33 bits per heavy atom. The molecule has 72 valence electrons. The molecule has 1 nitrogen and oxygen atoms in total. The first-order valence-electron chi connectivity index (χ1n) is 4.30. The summed E-state index contributed by atoms with van der Waals surface area (Å²) in [4.78, 5) is 0. The van der Waals surface area contributed by atoms with Crippen LogP contribution in [-0.4, -0.2) is 12.7 Å². The molecule has 1 saturated carbocycles. The molecule has 4 heteroatoms. The van der Waals surface area contributed by atoms with Crippen molar-refractivity contribution in [1.82, 2.24) is 0 Å². The van der Waals surface area contributed by atoms with Crippen LogP contribution in [0.15, 0.2) is 0 Å². The number of nitrogens with two attached hydrogens (primary N) is 1. The summed E-state index contributed by atoms with van der Waals surface area (Å²) in [6, 6.07) is 0. The lowest BCUT2D eigenvalue weighted by molar-refractivity contribution is -0.149. The Hall–Kier alpha value is -0.250. The van der Waals surface area contributed by atoms with Gasteiger partial charge in [0.25, 0.3) is 0 Å². The molecule has 1 rings (SSSR count). The van der Waals surface area contributed by atoms with Gasteiger partial charge in [-0.25, -0.2) is 0 Å². The Morgan fingerprint density at radius 3 is 2.17 bits per heavy atom. The highest BCUT2D eigenvalue weighted by Gasteiger charge is 2.36. The molecule has 1 aliphatic carbocycles. The molecule has 1 aliphatic rings. The maximum atomic E-state index is 12.0. The fraction of sp³-hybridized carbons (Fsp3) is 1.00. The van der Waals surface area contributed by atoms with E-state index in [1.54, 1.807) is 0 Å². The number of alkyl halides is 3. The molecule has 12 heavy (non-hydrogen) atoms. The summed E-state index contributed by atoms with van der Waals surface area (Å²) in [7, 11) is 0. The zero-order valence-electron chi connectivity index (χ0n) is 6.90. The van der Waals surface area contributed by atoms with E-state index in [0.29, 0.717) is 0 Å². The summed E-state index contributed by atoms with van der Waals surface area (Å²) in [5.74, 6) is -0.102. The zero-order chi connectivity index (χ0) is 9.19. The van der Waals surface area contributed by atoms with E-state index in [9.17, 15) is 13.2 Å². The Bertz CT molecular complexity index is 140. The van der Waals surface area contributed by atoms with E-state index >= 15 is 0 Å². The maximum Gasteiger partial charge on any atom is 0.389 e. The molecule has 1 fully saturated rings. The zero-order valence-corrected chi connectivity index (χ0v) is 6.90. The highest BCUT2D eigenvalue weighted by Crippen LogP contribution is 2.38. The number of hydrogen-bond donors (Lipinski definition) is 1. The molecular formula is C8H14F3N. The van der Waals surface area contributed by atoms with Gasteiger partial charge in [-0.15, -0.1) is 0 Å². The lowest BCUT2D eigenvalue weighted by atomic mass is 9.74. The van der Waals surface area contributed by atoms with Gasteiger partial charge in [0.2, 0.25) is 0 Å². The monoisotopic (exact) mass is 181 g/mol. The second-order valence-corrected chi connectivity index (χ2v) is 3.51. The molecule has 0 aliphatic heterocycles. The summed E-state index contributed by atoms with van der Waals surface area (Å²) >= 11 is 0. The lowest BCUT2D eigenvalue weighted by Crippen LogP contribution is -2.32. The normalized spacial score (nSPS) is 22.0. The first-order chi connectivity index (χ1) is 5.53. The second-order valence-electron chi connectivity index (χ2n) is 3.51. The average Bonchev–Trinajstić information content (AvgIpc) is 1.79. The highest BCUT2D eigenvalue weighted by molar-refractivity contribution is 4.79. The van der Waals surface area contributed by atoms with Gasteiger partial charge in [-0.2, -0.15) is 13.2 Å². The Labute approximate surface area is 70.1 Å². The van der Waals surface area contributed by atoms with Crippen molar-refractivity contribution in [1.29, 1.82) is 0 Å². The third kappa shape index (κ3) is 2.66. The first-order valence-corrected chi connectivity index (χ1v) is 4.30. The quantitative estimate of drug-likeness (QED) is 0.710. The van der Waals surface area contributed by atoms with E-state index in [-0.39, 0.29) is 18.4 Å². The highest BCUT2D eigenvalue weighted by atomic mass is 19.4. The van der Waals surface area contributed by atoms with Gasteiger partial charge >= 0.3 is 6.18 Å². The first kappa shape index (κ1) is 9.84. The minimum atomic E-state index is -4.04. The van der Waals surface area contributed by atoms with Crippen LogP contribution < -0.4 is 5.73 Å². The molecular weight excluding hydrogens is 167 g/mol. The largest absolute Gasteiger partial charge is 0.389 e. The smallest absolute Gasteiger partial charge is 0.330 e. The summed E-state index contributed by atoms with van der Waals surface area (Å²) < 4.78 is 35.9. The molecule has 0 aromatic rings. The van der Waals surface area contributed by atoms with E-state index in [2.05, 4.69) is 0 Å². The molecule has 2 N–H and O–H groups in total. The molecule has 0 amide bonds.